The van der Waals surface area contributed by atoms with Crippen molar-refractivity contribution in [3.05, 3.63) is 85.5 Å². The van der Waals surface area contributed by atoms with Gasteiger partial charge in [0.05, 0.1) is 0 Å². The van der Waals surface area contributed by atoms with Crippen LogP contribution in [0.4, 0.5) is 0 Å². The van der Waals surface area contributed by atoms with Gasteiger partial charge in [-0.15, -0.1) is 0 Å². The second kappa shape index (κ2) is 51.4. The summed E-state index contributed by atoms with van der Waals surface area (Å²) < 4.78 is 1.77. The first-order chi connectivity index (χ1) is 39.3. The Kier molecular flexibility index (Phi) is 47.7. The minimum absolute atomic E-state index is 1.06. The van der Waals surface area contributed by atoms with Gasteiger partial charge in [0.2, 0.25) is 11.4 Å². The summed E-state index contributed by atoms with van der Waals surface area (Å²) in [6.07, 6.45) is 63.8. The molecule has 3 rings (SSSR count). The molecule has 2 aromatic carbocycles. The van der Waals surface area contributed by atoms with Crippen molar-refractivity contribution in [2.75, 3.05) is 0 Å². The number of unbranched alkanes of at least 4 members (excludes halogenated alkanes) is 31. The molecule has 2 aromatic rings. The summed E-state index contributed by atoms with van der Waals surface area (Å²) in [7, 11) is 0. The molecular formula is C77H136N2Ni. The fraction of sp³-hybridized carbons (Fsp3) is 0.792. The Labute approximate surface area is 507 Å². The van der Waals surface area contributed by atoms with Gasteiger partial charge in [-0.2, -0.15) is 0 Å². The topological polar surface area (TPSA) is 25.3 Å². The normalized spacial score (nSPS) is 12.7. The van der Waals surface area contributed by atoms with E-state index < -0.39 is 0 Å². The molecule has 0 unspecified atom stereocenters. The minimum atomic E-state index is 1.06. The molecule has 0 aliphatic carbocycles. The molecule has 1 aliphatic heterocycles. The van der Waals surface area contributed by atoms with Crippen LogP contribution in [0.5, 0.6) is 0 Å². The molecule has 0 atom stereocenters. The van der Waals surface area contributed by atoms with Crippen molar-refractivity contribution in [3.63, 3.8) is 0 Å². The molecule has 0 saturated heterocycles. The summed E-state index contributed by atoms with van der Waals surface area (Å²) in [5, 5.41) is 2.85. The third kappa shape index (κ3) is 31.2. The van der Waals surface area contributed by atoms with Crippen LogP contribution in [0.15, 0.2) is 35.4 Å². The molecule has 0 bridgehead atoms. The van der Waals surface area contributed by atoms with Crippen molar-refractivity contribution in [2.24, 2.45) is 0 Å². The Morgan fingerprint density at radius 2 is 0.487 bits per heavy atom. The molecular weight excluding hydrogens is 1010 g/mol. The van der Waals surface area contributed by atoms with E-state index in [-0.39, 0.29) is 0 Å². The van der Waals surface area contributed by atoms with Crippen LogP contribution in [0.25, 0.3) is 16.9 Å². The Morgan fingerprint density at radius 1 is 0.263 bits per heavy atom. The Bertz CT molecular complexity index is 1810. The molecule has 1 heterocycles. The van der Waals surface area contributed by atoms with Crippen LogP contribution in [0.2, 0.25) is 10.8 Å². The molecule has 0 aromatic heterocycles. The molecule has 0 radical (unpaired) electrons. The third-order valence-electron chi connectivity index (χ3n) is 17.5. The van der Waals surface area contributed by atoms with E-state index in [9.17, 15) is 5.53 Å². The Morgan fingerprint density at radius 3 is 0.750 bits per heavy atom. The number of rotatable bonds is 53. The Balaban J connectivity index is 0.00000110. The van der Waals surface area contributed by atoms with E-state index in [0.717, 1.165) is 49.9 Å². The predicted octanol–water partition coefficient (Wildman–Crippen LogP) is 27.0. The van der Waals surface area contributed by atoms with Crippen LogP contribution in [-0.2, 0) is 53.0 Å². The van der Waals surface area contributed by atoms with Gasteiger partial charge in [-0.1, -0.05) is 190 Å². The summed E-state index contributed by atoms with van der Waals surface area (Å²) in [4.78, 5) is 0. The van der Waals surface area contributed by atoms with Crippen molar-refractivity contribution in [1.29, 1.82) is 0 Å². The van der Waals surface area contributed by atoms with E-state index >= 15 is 0 Å². The van der Waals surface area contributed by atoms with Crippen molar-refractivity contribution in [1.82, 2.24) is 0 Å². The second-order valence-corrected chi connectivity index (χ2v) is 26.4. The first-order valence-corrected chi connectivity index (χ1v) is 37.5. The monoisotopic (exact) mass is 1150 g/mol. The van der Waals surface area contributed by atoms with Crippen molar-refractivity contribution < 1.29 is 19.1 Å². The maximum absolute atomic E-state index is 13.2. The van der Waals surface area contributed by atoms with Gasteiger partial charge in [0.15, 0.2) is 0 Å². The summed E-state index contributed by atoms with van der Waals surface area (Å²) >= 11 is 2.01. The number of benzene rings is 2. The van der Waals surface area contributed by atoms with Gasteiger partial charge < -0.3 is 5.53 Å². The second-order valence-electron chi connectivity index (χ2n) is 24.9. The van der Waals surface area contributed by atoms with Gasteiger partial charge >= 0.3 is 116 Å². The fourth-order valence-electron chi connectivity index (χ4n) is 12.4. The van der Waals surface area contributed by atoms with E-state index in [2.05, 4.69) is 93.5 Å². The Hall–Kier alpha value is -1.99. The van der Waals surface area contributed by atoms with Gasteiger partial charge in [-0.25, -0.2) is 4.70 Å². The fourth-order valence-corrected chi connectivity index (χ4v) is 13.6. The molecule has 0 fully saturated rings. The van der Waals surface area contributed by atoms with E-state index in [1.54, 1.807) is 38.1 Å². The number of hydrogen-bond acceptors (Lipinski definition) is 0. The van der Waals surface area contributed by atoms with Crippen LogP contribution < -0.4 is 0 Å². The maximum atomic E-state index is 13.2. The zero-order valence-corrected chi connectivity index (χ0v) is 56.6. The van der Waals surface area contributed by atoms with Gasteiger partial charge in [0, 0.05) is 22.3 Å². The number of aryl methyl sites for hydroxylation is 4. The van der Waals surface area contributed by atoms with Crippen molar-refractivity contribution in [3.8, 4) is 0 Å². The molecule has 80 heavy (non-hydrogen) atoms. The summed E-state index contributed by atoms with van der Waals surface area (Å²) in [5.74, 6) is 0. The SMILES string of the molecule is CCCCCCCCCCCCCC1=C(c2cc(CCCC)c(CCCC)c(CCCC)c2)[N+](=[N-])C(c2cc(CCCC)c(CCCC)c(CCCC)c2)=C1CCCCCCCC.CCCCCCC[CH2][Ni][CH2]CCCCCCC. The average Bonchev–Trinajstić information content (AvgIpc) is 3.80. The molecule has 0 amide bonds. The van der Waals surface area contributed by atoms with Gasteiger partial charge in [0.1, 0.15) is 0 Å². The van der Waals surface area contributed by atoms with E-state index in [1.807, 2.05) is 14.4 Å². The average molecular weight is 1150 g/mol. The predicted molar refractivity (Wildman–Crippen MR) is 357 cm³/mol. The quantitative estimate of drug-likeness (QED) is 0.0358. The van der Waals surface area contributed by atoms with Gasteiger partial charge in [-0.05, 0) is 160 Å². The van der Waals surface area contributed by atoms with Crippen LogP contribution >= 0.6 is 0 Å². The first-order valence-electron chi connectivity index (χ1n) is 36.1. The van der Waals surface area contributed by atoms with Crippen LogP contribution in [0, 0.1) is 0 Å². The van der Waals surface area contributed by atoms with Gasteiger partial charge in [-0.3, -0.25) is 0 Å². The molecule has 2 nitrogen and oxygen atoms in total. The number of hydrogen-bond donors (Lipinski definition) is 0. The number of nitrogens with zero attached hydrogens (tertiary/aromatic N) is 2. The van der Waals surface area contributed by atoms with Crippen LogP contribution in [0.1, 0.15) is 390 Å². The summed E-state index contributed by atoms with van der Waals surface area (Å²) in [6.45, 7) is 23.3. The molecule has 1 aliphatic rings. The molecule has 3 heteroatoms. The van der Waals surface area contributed by atoms with Crippen molar-refractivity contribution >= 4 is 11.4 Å². The third-order valence-corrected chi connectivity index (χ3v) is 18.9. The summed E-state index contributed by atoms with van der Waals surface area (Å²) in [5.41, 5.74) is 30.3. The van der Waals surface area contributed by atoms with E-state index in [1.165, 1.54) is 309 Å². The van der Waals surface area contributed by atoms with E-state index in [4.69, 9.17) is 0 Å². The number of allylic oxidation sites excluding steroid dienone is 2. The molecule has 0 saturated carbocycles. The zero-order valence-electron chi connectivity index (χ0n) is 55.6. The van der Waals surface area contributed by atoms with Crippen LogP contribution in [0.3, 0.4) is 0 Å². The van der Waals surface area contributed by atoms with Gasteiger partial charge in [0.25, 0.3) is 0 Å². The van der Waals surface area contributed by atoms with E-state index in [0.29, 0.717) is 0 Å². The van der Waals surface area contributed by atoms with Crippen LogP contribution in [-0.4, -0.2) is 4.70 Å². The molecule has 0 spiro atoms. The zero-order chi connectivity index (χ0) is 58.1. The molecule has 464 valence electrons. The standard InChI is InChI=1S/C61H102N2.2C8H17.Ni/c1-9-17-25-27-29-30-31-32-33-35-37-45-59-58(44-36-34-28-26-18-10-2)60(54-46-50(38-19-11-3)56(42-23-15-7)51(47-54)39-20-12-4)63(62)61(59)55-48-52(40-21-13-5)57(43-24-16-8)53(49-55)41-22-14-6;2*1-3-5-7-8-6-4-2;/h46-49H,9-45H2,1-8H3;2*1,3-8H2,2H3;. The van der Waals surface area contributed by atoms with Crippen molar-refractivity contribution in [2.45, 2.75) is 395 Å². The molecule has 0 N–H and O–H groups in total. The first kappa shape index (κ1) is 74.1. The summed E-state index contributed by atoms with van der Waals surface area (Å²) in [6, 6.07) is 10.2.